The van der Waals surface area contributed by atoms with Crippen molar-refractivity contribution in [1.29, 1.82) is 0 Å². The van der Waals surface area contributed by atoms with Crippen molar-refractivity contribution in [2.24, 2.45) is 0 Å². The molecule has 1 atom stereocenters. The van der Waals surface area contributed by atoms with Gasteiger partial charge >= 0.3 is 0 Å². The van der Waals surface area contributed by atoms with Crippen molar-refractivity contribution in [3.63, 3.8) is 0 Å². The van der Waals surface area contributed by atoms with Crippen LogP contribution in [0.15, 0.2) is 65.3 Å². The van der Waals surface area contributed by atoms with E-state index in [0.29, 0.717) is 22.9 Å². The Kier molecular flexibility index (Phi) is 5.38. The SMILES string of the molecule is Cc1nc(-c2noc(-c3ccc(F)cc3)n2)cn1CC(=O)NC(C)c1ccccc1. The number of hydrogen-bond donors (Lipinski definition) is 1. The Labute approximate surface area is 172 Å². The summed E-state index contributed by atoms with van der Waals surface area (Å²) in [6, 6.07) is 15.4. The number of aryl methyl sites for hydroxylation is 1. The lowest BCUT2D eigenvalue weighted by molar-refractivity contribution is -0.122. The van der Waals surface area contributed by atoms with E-state index in [1.165, 1.54) is 12.1 Å². The maximum Gasteiger partial charge on any atom is 0.258 e. The Balaban J connectivity index is 1.46. The van der Waals surface area contributed by atoms with Crippen LogP contribution in [0.2, 0.25) is 0 Å². The smallest absolute Gasteiger partial charge is 0.258 e. The molecule has 0 saturated carbocycles. The van der Waals surface area contributed by atoms with Gasteiger partial charge in [0.05, 0.1) is 6.04 Å². The molecule has 0 radical (unpaired) electrons. The summed E-state index contributed by atoms with van der Waals surface area (Å²) in [5.74, 6) is 0.757. The normalized spacial score (nSPS) is 12.0. The van der Waals surface area contributed by atoms with Crippen LogP contribution in [-0.4, -0.2) is 25.6 Å². The van der Waals surface area contributed by atoms with Gasteiger partial charge in [-0.1, -0.05) is 35.5 Å². The Bertz CT molecular complexity index is 1150. The molecular weight excluding hydrogens is 385 g/mol. The van der Waals surface area contributed by atoms with Gasteiger partial charge in [0, 0.05) is 11.8 Å². The summed E-state index contributed by atoms with van der Waals surface area (Å²) >= 11 is 0. The van der Waals surface area contributed by atoms with E-state index in [1.54, 1.807) is 29.8 Å². The maximum atomic E-state index is 13.1. The van der Waals surface area contributed by atoms with Crippen molar-refractivity contribution in [3.05, 3.63) is 78.0 Å². The molecule has 30 heavy (non-hydrogen) atoms. The van der Waals surface area contributed by atoms with Crippen LogP contribution >= 0.6 is 0 Å². The summed E-state index contributed by atoms with van der Waals surface area (Å²) in [5, 5.41) is 6.93. The van der Waals surface area contributed by atoms with Crippen molar-refractivity contribution in [2.75, 3.05) is 0 Å². The molecule has 1 N–H and O–H groups in total. The number of amides is 1. The predicted molar refractivity (Wildman–Crippen MR) is 109 cm³/mol. The molecule has 8 heteroatoms. The molecule has 1 amide bonds. The molecule has 0 bridgehead atoms. The van der Waals surface area contributed by atoms with E-state index in [1.807, 2.05) is 37.3 Å². The average Bonchev–Trinajstić information content (AvgIpc) is 3.36. The highest BCUT2D eigenvalue weighted by Gasteiger charge is 2.16. The van der Waals surface area contributed by atoms with Crippen molar-refractivity contribution in [2.45, 2.75) is 26.4 Å². The molecule has 2 aromatic heterocycles. The van der Waals surface area contributed by atoms with E-state index < -0.39 is 0 Å². The van der Waals surface area contributed by atoms with Gasteiger partial charge in [0.25, 0.3) is 5.89 Å². The standard InChI is InChI=1S/C22H20FN5O2/c1-14(16-6-4-3-5-7-16)24-20(29)13-28-12-19(25-15(28)2)21-26-22(30-27-21)17-8-10-18(23)11-9-17/h3-12,14H,13H2,1-2H3,(H,24,29). The van der Waals surface area contributed by atoms with Gasteiger partial charge in [0.15, 0.2) is 0 Å². The molecule has 4 rings (SSSR count). The topological polar surface area (TPSA) is 85.8 Å². The van der Waals surface area contributed by atoms with Crippen LogP contribution < -0.4 is 5.32 Å². The van der Waals surface area contributed by atoms with Crippen molar-refractivity contribution in [3.8, 4) is 23.0 Å². The number of rotatable bonds is 6. The van der Waals surface area contributed by atoms with Crippen LogP contribution in [0.3, 0.4) is 0 Å². The van der Waals surface area contributed by atoms with Gasteiger partial charge in [-0.15, -0.1) is 0 Å². The molecule has 2 heterocycles. The first kappa shape index (κ1) is 19.5. The third kappa shape index (κ3) is 4.27. The highest BCUT2D eigenvalue weighted by molar-refractivity contribution is 5.76. The molecule has 0 aliphatic carbocycles. The lowest BCUT2D eigenvalue weighted by Gasteiger charge is -2.14. The Hall–Kier alpha value is -3.81. The zero-order valence-corrected chi connectivity index (χ0v) is 16.5. The third-order valence-electron chi connectivity index (χ3n) is 4.71. The summed E-state index contributed by atoms with van der Waals surface area (Å²) in [7, 11) is 0. The van der Waals surface area contributed by atoms with Gasteiger partial charge in [-0.2, -0.15) is 4.98 Å². The largest absolute Gasteiger partial charge is 0.348 e. The second-order valence-corrected chi connectivity index (χ2v) is 6.93. The molecule has 0 aliphatic rings. The molecular formula is C22H20FN5O2. The van der Waals surface area contributed by atoms with E-state index in [-0.39, 0.29) is 30.2 Å². The van der Waals surface area contributed by atoms with E-state index in [9.17, 15) is 9.18 Å². The van der Waals surface area contributed by atoms with Gasteiger partial charge < -0.3 is 14.4 Å². The number of hydrogen-bond acceptors (Lipinski definition) is 5. The molecule has 0 spiro atoms. The molecule has 0 fully saturated rings. The minimum absolute atomic E-state index is 0.0996. The molecule has 152 valence electrons. The third-order valence-corrected chi connectivity index (χ3v) is 4.71. The maximum absolute atomic E-state index is 13.1. The fraction of sp³-hybridized carbons (Fsp3) is 0.182. The molecule has 0 aliphatic heterocycles. The monoisotopic (exact) mass is 405 g/mol. The highest BCUT2D eigenvalue weighted by Crippen LogP contribution is 2.22. The van der Waals surface area contributed by atoms with Gasteiger partial charge in [-0.05, 0) is 43.7 Å². The van der Waals surface area contributed by atoms with Gasteiger partial charge in [0.2, 0.25) is 11.7 Å². The molecule has 7 nitrogen and oxygen atoms in total. The van der Waals surface area contributed by atoms with E-state index in [0.717, 1.165) is 5.56 Å². The summed E-state index contributed by atoms with van der Waals surface area (Å²) in [6.07, 6.45) is 1.71. The number of carbonyl (C=O) groups is 1. The van der Waals surface area contributed by atoms with Gasteiger partial charge in [-0.3, -0.25) is 4.79 Å². The first-order valence-corrected chi connectivity index (χ1v) is 9.47. The van der Waals surface area contributed by atoms with Crippen LogP contribution in [0.1, 0.15) is 24.4 Å². The van der Waals surface area contributed by atoms with Crippen molar-refractivity contribution < 1.29 is 13.7 Å². The Morgan fingerprint density at radius 3 is 2.60 bits per heavy atom. The second kappa shape index (κ2) is 8.28. The summed E-state index contributed by atoms with van der Waals surface area (Å²) < 4.78 is 20.1. The molecule has 1 unspecified atom stereocenters. The van der Waals surface area contributed by atoms with E-state index >= 15 is 0 Å². The lowest BCUT2D eigenvalue weighted by atomic mass is 10.1. The second-order valence-electron chi connectivity index (χ2n) is 6.93. The zero-order chi connectivity index (χ0) is 21.1. The molecule has 4 aromatic rings. The first-order valence-electron chi connectivity index (χ1n) is 9.47. The number of carbonyl (C=O) groups excluding carboxylic acids is 1. The summed E-state index contributed by atoms with van der Waals surface area (Å²) in [6.45, 7) is 3.87. The average molecular weight is 405 g/mol. The van der Waals surface area contributed by atoms with Crippen LogP contribution in [-0.2, 0) is 11.3 Å². The Morgan fingerprint density at radius 2 is 1.87 bits per heavy atom. The number of benzene rings is 2. The number of halogens is 1. The van der Waals surface area contributed by atoms with Crippen molar-refractivity contribution in [1.82, 2.24) is 25.0 Å². The fourth-order valence-electron chi connectivity index (χ4n) is 3.08. The van der Waals surface area contributed by atoms with Crippen LogP contribution in [0.5, 0.6) is 0 Å². The number of aromatic nitrogens is 4. The molecule has 2 aromatic carbocycles. The minimum Gasteiger partial charge on any atom is -0.348 e. The van der Waals surface area contributed by atoms with Gasteiger partial charge in [0.1, 0.15) is 23.9 Å². The molecule has 0 saturated heterocycles. The lowest BCUT2D eigenvalue weighted by Crippen LogP contribution is -2.30. The summed E-state index contributed by atoms with van der Waals surface area (Å²) in [4.78, 5) is 21.2. The fourth-order valence-corrected chi connectivity index (χ4v) is 3.08. The number of nitrogens with one attached hydrogen (secondary N) is 1. The van der Waals surface area contributed by atoms with Crippen molar-refractivity contribution >= 4 is 5.91 Å². The Morgan fingerprint density at radius 1 is 1.13 bits per heavy atom. The summed E-state index contributed by atoms with van der Waals surface area (Å²) in [5.41, 5.74) is 2.14. The van der Waals surface area contributed by atoms with Crippen LogP contribution in [0, 0.1) is 12.7 Å². The number of nitrogens with zero attached hydrogens (tertiary/aromatic N) is 4. The predicted octanol–water partition coefficient (Wildman–Crippen LogP) is 3.93. The van der Waals surface area contributed by atoms with Crippen LogP contribution in [0.4, 0.5) is 4.39 Å². The van der Waals surface area contributed by atoms with Gasteiger partial charge in [-0.25, -0.2) is 9.37 Å². The highest BCUT2D eigenvalue weighted by atomic mass is 19.1. The number of imidazole rings is 1. The minimum atomic E-state index is -0.340. The van der Waals surface area contributed by atoms with Crippen LogP contribution in [0.25, 0.3) is 23.0 Å². The quantitative estimate of drug-likeness (QED) is 0.525. The zero-order valence-electron chi connectivity index (χ0n) is 16.5. The van der Waals surface area contributed by atoms with E-state index in [4.69, 9.17) is 4.52 Å². The van der Waals surface area contributed by atoms with E-state index in [2.05, 4.69) is 20.4 Å². The first-order chi connectivity index (χ1) is 14.5.